The number of hydrogen-bond donors (Lipinski definition) is 2. The first kappa shape index (κ1) is 8.84. The summed E-state index contributed by atoms with van der Waals surface area (Å²) < 4.78 is 0. The molecule has 0 bridgehead atoms. The second-order valence-corrected chi connectivity index (χ2v) is 3.92. The summed E-state index contributed by atoms with van der Waals surface area (Å²) in [6.45, 7) is 6.28. The molecule has 0 spiro atoms. The molecule has 0 atom stereocenters. The van der Waals surface area contributed by atoms with Crippen molar-refractivity contribution in [2.75, 3.05) is 11.5 Å². The highest BCUT2D eigenvalue weighted by Gasteiger charge is 2.17. The number of anilines is 2. The summed E-state index contributed by atoms with van der Waals surface area (Å²) in [5, 5.41) is 0. The van der Waals surface area contributed by atoms with Crippen molar-refractivity contribution in [3.8, 4) is 0 Å². The predicted octanol–water partition coefficient (Wildman–Crippen LogP) is 1.54. The molecule has 0 aliphatic heterocycles. The van der Waals surface area contributed by atoms with E-state index < -0.39 is 0 Å². The minimum absolute atomic E-state index is 0.0325. The van der Waals surface area contributed by atoms with Gasteiger partial charge in [-0.1, -0.05) is 26.8 Å². The van der Waals surface area contributed by atoms with E-state index in [2.05, 4.69) is 25.8 Å². The van der Waals surface area contributed by atoms with E-state index in [1.165, 1.54) is 0 Å². The number of hydrogen-bond acceptors (Lipinski definition) is 3. The van der Waals surface area contributed by atoms with Gasteiger partial charge in [0.05, 0.1) is 0 Å². The van der Waals surface area contributed by atoms with Gasteiger partial charge >= 0.3 is 0 Å². The van der Waals surface area contributed by atoms with Crippen molar-refractivity contribution in [1.29, 1.82) is 0 Å². The first-order chi connectivity index (χ1) is 5.41. The van der Waals surface area contributed by atoms with Crippen LogP contribution in [0.4, 0.5) is 11.6 Å². The molecule has 0 saturated carbocycles. The Morgan fingerprint density at radius 3 is 2.17 bits per heavy atom. The Bertz CT molecular complexity index is 286. The van der Waals surface area contributed by atoms with E-state index >= 15 is 0 Å². The van der Waals surface area contributed by atoms with Gasteiger partial charge in [-0.15, -0.1) is 0 Å². The molecule has 0 fully saturated rings. The molecule has 1 heterocycles. The zero-order valence-electron chi connectivity index (χ0n) is 7.76. The van der Waals surface area contributed by atoms with Crippen LogP contribution in [-0.4, -0.2) is 4.98 Å². The van der Waals surface area contributed by atoms with E-state index in [0.717, 1.165) is 5.56 Å². The van der Waals surface area contributed by atoms with E-state index in [9.17, 15) is 0 Å². The van der Waals surface area contributed by atoms with Crippen LogP contribution in [0, 0.1) is 0 Å². The SMILES string of the molecule is CC(C)(C)c1ccc(N)nc1N. The van der Waals surface area contributed by atoms with Gasteiger partial charge in [0.15, 0.2) is 0 Å². The molecule has 3 heteroatoms. The largest absolute Gasteiger partial charge is 0.384 e. The van der Waals surface area contributed by atoms with E-state index in [0.29, 0.717) is 11.6 Å². The lowest BCUT2D eigenvalue weighted by molar-refractivity contribution is 0.590. The van der Waals surface area contributed by atoms with Gasteiger partial charge in [-0.2, -0.15) is 0 Å². The summed E-state index contributed by atoms with van der Waals surface area (Å²) in [7, 11) is 0. The maximum atomic E-state index is 5.72. The Kier molecular flexibility index (Phi) is 1.96. The van der Waals surface area contributed by atoms with Gasteiger partial charge in [-0.3, -0.25) is 0 Å². The molecule has 0 unspecified atom stereocenters. The Labute approximate surface area is 72.8 Å². The van der Waals surface area contributed by atoms with Crippen LogP contribution in [0.15, 0.2) is 12.1 Å². The van der Waals surface area contributed by atoms with Gasteiger partial charge in [0.2, 0.25) is 0 Å². The predicted molar refractivity (Wildman–Crippen MR) is 51.8 cm³/mol. The molecule has 4 N–H and O–H groups in total. The van der Waals surface area contributed by atoms with E-state index in [-0.39, 0.29) is 5.41 Å². The van der Waals surface area contributed by atoms with Gasteiger partial charge in [0.1, 0.15) is 11.6 Å². The molecule has 0 aliphatic rings. The third kappa shape index (κ3) is 1.67. The fourth-order valence-electron chi connectivity index (χ4n) is 1.12. The maximum Gasteiger partial charge on any atom is 0.129 e. The third-order valence-corrected chi connectivity index (χ3v) is 1.75. The molecular formula is C9H15N3. The Balaban J connectivity index is 3.19. The number of rotatable bonds is 0. The van der Waals surface area contributed by atoms with Crippen LogP contribution in [0.2, 0.25) is 0 Å². The van der Waals surface area contributed by atoms with Gasteiger partial charge in [0.25, 0.3) is 0 Å². The lowest BCUT2D eigenvalue weighted by atomic mass is 9.87. The second kappa shape index (κ2) is 2.66. The summed E-state index contributed by atoms with van der Waals surface area (Å²) in [5.41, 5.74) is 12.3. The first-order valence-electron chi connectivity index (χ1n) is 3.94. The minimum atomic E-state index is 0.0325. The number of nitrogens with two attached hydrogens (primary N) is 2. The van der Waals surface area contributed by atoms with E-state index in [1.54, 1.807) is 6.07 Å². The van der Waals surface area contributed by atoms with Crippen LogP contribution in [0.1, 0.15) is 26.3 Å². The van der Waals surface area contributed by atoms with Crippen LogP contribution in [0.3, 0.4) is 0 Å². The molecule has 3 nitrogen and oxygen atoms in total. The quantitative estimate of drug-likeness (QED) is 0.613. The molecule has 66 valence electrons. The van der Waals surface area contributed by atoms with Gasteiger partial charge in [-0.25, -0.2) is 4.98 Å². The number of aromatic nitrogens is 1. The summed E-state index contributed by atoms with van der Waals surface area (Å²) in [6, 6.07) is 3.70. The van der Waals surface area contributed by atoms with Crippen LogP contribution in [-0.2, 0) is 5.41 Å². The Hall–Kier alpha value is -1.25. The molecule has 0 aromatic carbocycles. The molecule has 0 saturated heterocycles. The fourth-order valence-corrected chi connectivity index (χ4v) is 1.12. The normalized spacial score (nSPS) is 11.6. The van der Waals surface area contributed by atoms with Crippen molar-refractivity contribution in [2.45, 2.75) is 26.2 Å². The van der Waals surface area contributed by atoms with Gasteiger partial charge in [-0.05, 0) is 17.0 Å². The van der Waals surface area contributed by atoms with Crippen molar-refractivity contribution in [1.82, 2.24) is 4.98 Å². The summed E-state index contributed by atoms with van der Waals surface area (Å²) >= 11 is 0. The lowest BCUT2D eigenvalue weighted by Gasteiger charge is -2.20. The van der Waals surface area contributed by atoms with Crippen LogP contribution < -0.4 is 11.5 Å². The number of pyridine rings is 1. The first-order valence-corrected chi connectivity index (χ1v) is 3.94. The standard InChI is InChI=1S/C9H15N3/c1-9(2,3)6-4-5-7(10)12-8(6)11/h4-5H,1-3H3,(H4,10,11,12). The molecule has 0 radical (unpaired) electrons. The minimum Gasteiger partial charge on any atom is -0.384 e. The van der Waals surface area contributed by atoms with E-state index in [1.807, 2.05) is 6.07 Å². The Morgan fingerprint density at radius 1 is 1.17 bits per heavy atom. The molecule has 0 amide bonds. The second-order valence-electron chi connectivity index (χ2n) is 3.92. The number of nitrogen functional groups attached to an aromatic ring is 2. The lowest BCUT2D eigenvalue weighted by Crippen LogP contribution is -2.15. The molecular weight excluding hydrogens is 150 g/mol. The average molecular weight is 165 g/mol. The van der Waals surface area contributed by atoms with Crippen LogP contribution in [0.25, 0.3) is 0 Å². The molecule has 12 heavy (non-hydrogen) atoms. The molecule has 1 aromatic heterocycles. The zero-order chi connectivity index (χ0) is 9.35. The molecule has 1 rings (SSSR count). The van der Waals surface area contributed by atoms with Crippen molar-refractivity contribution < 1.29 is 0 Å². The summed E-state index contributed by atoms with van der Waals surface area (Å²) in [6.07, 6.45) is 0. The Morgan fingerprint density at radius 2 is 1.75 bits per heavy atom. The monoisotopic (exact) mass is 165 g/mol. The molecule has 1 aromatic rings. The van der Waals surface area contributed by atoms with Crippen LogP contribution >= 0.6 is 0 Å². The highest BCUT2D eigenvalue weighted by Crippen LogP contribution is 2.26. The van der Waals surface area contributed by atoms with Crippen molar-refractivity contribution in [3.05, 3.63) is 17.7 Å². The van der Waals surface area contributed by atoms with E-state index in [4.69, 9.17) is 11.5 Å². The van der Waals surface area contributed by atoms with Crippen molar-refractivity contribution in [2.24, 2.45) is 0 Å². The third-order valence-electron chi connectivity index (χ3n) is 1.75. The van der Waals surface area contributed by atoms with Crippen molar-refractivity contribution in [3.63, 3.8) is 0 Å². The zero-order valence-corrected chi connectivity index (χ0v) is 7.76. The smallest absolute Gasteiger partial charge is 0.129 e. The summed E-state index contributed by atoms with van der Waals surface area (Å²) in [4.78, 5) is 4.00. The topological polar surface area (TPSA) is 64.9 Å². The van der Waals surface area contributed by atoms with Crippen LogP contribution in [0.5, 0.6) is 0 Å². The fraction of sp³-hybridized carbons (Fsp3) is 0.444. The average Bonchev–Trinajstić information content (AvgIpc) is 1.83. The number of nitrogens with zero attached hydrogens (tertiary/aromatic N) is 1. The van der Waals surface area contributed by atoms with Crippen molar-refractivity contribution >= 4 is 11.6 Å². The van der Waals surface area contributed by atoms with Gasteiger partial charge < -0.3 is 11.5 Å². The van der Waals surface area contributed by atoms with Gasteiger partial charge in [0, 0.05) is 0 Å². The highest BCUT2D eigenvalue weighted by molar-refractivity contribution is 5.49. The highest BCUT2D eigenvalue weighted by atomic mass is 14.9. The molecule has 0 aliphatic carbocycles. The summed E-state index contributed by atoms with van der Waals surface area (Å²) in [5.74, 6) is 1.00. The maximum absolute atomic E-state index is 5.72.